The van der Waals surface area contributed by atoms with Gasteiger partial charge >= 0.3 is 0 Å². The van der Waals surface area contributed by atoms with Gasteiger partial charge in [0.25, 0.3) is 5.91 Å². The molecular formula is C11H9ClN2O2S. The Labute approximate surface area is 107 Å². The highest BCUT2D eigenvalue weighted by Crippen LogP contribution is 2.21. The number of amides is 1. The molecule has 0 fully saturated rings. The van der Waals surface area contributed by atoms with E-state index in [9.17, 15) is 9.90 Å². The van der Waals surface area contributed by atoms with Crippen molar-refractivity contribution in [2.75, 3.05) is 0 Å². The molecular weight excluding hydrogens is 260 g/mol. The summed E-state index contributed by atoms with van der Waals surface area (Å²) in [5.41, 5.74) is 0.0233. The van der Waals surface area contributed by atoms with Gasteiger partial charge in [0.15, 0.2) is 5.69 Å². The highest BCUT2D eigenvalue weighted by atomic mass is 35.5. The number of nitrogens with zero attached hydrogens (tertiary/aromatic N) is 1. The molecule has 88 valence electrons. The van der Waals surface area contributed by atoms with E-state index in [1.54, 1.807) is 12.1 Å². The van der Waals surface area contributed by atoms with Gasteiger partial charge in [0, 0.05) is 11.1 Å². The standard InChI is InChI=1S/C11H9ClN2O2S/c12-9-4-3-7(17-9)6-14-11(16)10-8(15)2-1-5-13-10/h1-5,15H,6H2,(H,14,16). The van der Waals surface area contributed by atoms with E-state index in [4.69, 9.17) is 11.6 Å². The molecule has 0 aliphatic carbocycles. The van der Waals surface area contributed by atoms with E-state index in [-0.39, 0.29) is 11.4 Å². The third-order valence-electron chi connectivity index (χ3n) is 2.05. The van der Waals surface area contributed by atoms with Crippen molar-refractivity contribution in [2.45, 2.75) is 6.54 Å². The Morgan fingerprint density at radius 1 is 1.47 bits per heavy atom. The van der Waals surface area contributed by atoms with Crippen molar-refractivity contribution >= 4 is 28.8 Å². The lowest BCUT2D eigenvalue weighted by molar-refractivity contribution is 0.0943. The summed E-state index contributed by atoms with van der Waals surface area (Å²) in [6.45, 7) is 0.367. The fraction of sp³-hybridized carbons (Fsp3) is 0.0909. The summed E-state index contributed by atoms with van der Waals surface area (Å²) in [5, 5.41) is 12.1. The Balaban J connectivity index is 2.01. The van der Waals surface area contributed by atoms with Gasteiger partial charge in [-0.15, -0.1) is 11.3 Å². The van der Waals surface area contributed by atoms with Gasteiger partial charge in [0.1, 0.15) is 5.75 Å². The average Bonchev–Trinajstić information content (AvgIpc) is 2.73. The normalized spacial score (nSPS) is 10.2. The Kier molecular flexibility index (Phi) is 3.61. The van der Waals surface area contributed by atoms with Crippen LogP contribution >= 0.6 is 22.9 Å². The minimum Gasteiger partial charge on any atom is -0.505 e. The lowest BCUT2D eigenvalue weighted by atomic mass is 10.3. The third-order valence-corrected chi connectivity index (χ3v) is 3.28. The molecule has 2 heterocycles. The van der Waals surface area contributed by atoms with E-state index in [0.717, 1.165) is 4.88 Å². The first kappa shape index (κ1) is 11.9. The topological polar surface area (TPSA) is 62.2 Å². The average molecular weight is 269 g/mol. The van der Waals surface area contributed by atoms with Crippen LogP contribution in [0.15, 0.2) is 30.5 Å². The fourth-order valence-electron chi connectivity index (χ4n) is 1.27. The second-order valence-corrected chi connectivity index (χ2v) is 5.06. The van der Waals surface area contributed by atoms with Crippen molar-refractivity contribution < 1.29 is 9.90 Å². The van der Waals surface area contributed by atoms with Crippen LogP contribution < -0.4 is 5.32 Å². The summed E-state index contributed by atoms with van der Waals surface area (Å²) in [6.07, 6.45) is 1.46. The Morgan fingerprint density at radius 2 is 2.29 bits per heavy atom. The lowest BCUT2D eigenvalue weighted by Crippen LogP contribution is -2.23. The molecule has 0 aliphatic rings. The van der Waals surface area contributed by atoms with Crippen molar-refractivity contribution in [2.24, 2.45) is 0 Å². The zero-order valence-electron chi connectivity index (χ0n) is 8.68. The van der Waals surface area contributed by atoms with Gasteiger partial charge in [-0.2, -0.15) is 0 Å². The molecule has 2 aromatic heterocycles. The number of hydrogen-bond donors (Lipinski definition) is 2. The number of hydrogen-bond acceptors (Lipinski definition) is 4. The Hall–Kier alpha value is -1.59. The number of thiophene rings is 1. The zero-order valence-corrected chi connectivity index (χ0v) is 10.3. The van der Waals surface area contributed by atoms with Crippen LogP contribution in [0.25, 0.3) is 0 Å². The lowest BCUT2D eigenvalue weighted by Gasteiger charge is -2.04. The summed E-state index contributed by atoms with van der Waals surface area (Å²) in [6, 6.07) is 6.59. The highest BCUT2D eigenvalue weighted by Gasteiger charge is 2.11. The predicted molar refractivity (Wildman–Crippen MR) is 66.4 cm³/mol. The maximum atomic E-state index is 11.7. The first-order valence-corrected chi connectivity index (χ1v) is 6.02. The van der Waals surface area contributed by atoms with Crippen molar-refractivity contribution in [1.29, 1.82) is 0 Å². The highest BCUT2D eigenvalue weighted by molar-refractivity contribution is 7.16. The molecule has 4 nitrogen and oxygen atoms in total. The molecule has 0 radical (unpaired) electrons. The van der Waals surface area contributed by atoms with Gasteiger partial charge in [-0.3, -0.25) is 4.79 Å². The molecule has 1 amide bonds. The van der Waals surface area contributed by atoms with E-state index >= 15 is 0 Å². The molecule has 0 spiro atoms. The minimum atomic E-state index is -0.410. The molecule has 0 saturated heterocycles. The predicted octanol–water partition coefficient (Wildman–Crippen LogP) is 2.43. The maximum Gasteiger partial charge on any atom is 0.274 e. The Morgan fingerprint density at radius 3 is 2.94 bits per heavy atom. The number of nitrogens with one attached hydrogen (secondary N) is 1. The quantitative estimate of drug-likeness (QED) is 0.899. The largest absolute Gasteiger partial charge is 0.505 e. The number of aromatic nitrogens is 1. The third kappa shape index (κ3) is 2.95. The second-order valence-electron chi connectivity index (χ2n) is 3.26. The summed E-state index contributed by atoms with van der Waals surface area (Å²) in [7, 11) is 0. The molecule has 0 bridgehead atoms. The number of pyridine rings is 1. The van der Waals surface area contributed by atoms with E-state index in [1.807, 2.05) is 6.07 Å². The molecule has 0 unspecified atom stereocenters. The number of rotatable bonds is 3. The van der Waals surface area contributed by atoms with Crippen LogP contribution in [0.4, 0.5) is 0 Å². The number of carbonyl (C=O) groups is 1. The van der Waals surface area contributed by atoms with Gasteiger partial charge in [-0.25, -0.2) is 4.98 Å². The van der Waals surface area contributed by atoms with Gasteiger partial charge in [0.05, 0.1) is 10.9 Å². The van der Waals surface area contributed by atoms with Crippen LogP contribution in [0, 0.1) is 0 Å². The van der Waals surface area contributed by atoms with Crippen LogP contribution in [0.2, 0.25) is 4.34 Å². The van der Waals surface area contributed by atoms with Crippen molar-refractivity contribution in [3.8, 4) is 5.75 Å². The first-order chi connectivity index (χ1) is 8.16. The van der Waals surface area contributed by atoms with Crippen molar-refractivity contribution in [3.63, 3.8) is 0 Å². The molecule has 17 heavy (non-hydrogen) atoms. The van der Waals surface area contributed by atoms with Gasteiger partial charge < -0.3 is 10.4 Å². The fourth-order valence-corrected chi connectivity index (χ4v) is 2.30. The summed E-state index contributed by atoms with van der Waals surface area (Å²) in [5.74, 6) is -0.540. The summed E-state index contributed by atoms with van der Waals surface area (Å²) < 4.78 is 0.676. The number of carbonyl (C=O) groups excluding carboxylic acids is 1. The van der Waals surface area contributed by atoms with Gasteiger partial charge in [-0.05, 0) is 24.3 Å². The van der Waals surface area contributed by atoms with E-state index in [0.29, 0.717) is 10.9 Å². The second kappa shape index (κ2) is 5.16. The van der Waals surface area contributed by atoms with Crippen LogP contribution in [0.3, 0.4) is 0 Å². The van der Waals surface area contributed by atoms with Crippen LogP contribution in [-0.2, 0) is 6.54 Å². The number of aromatic hydroxyl groups is 1. The van der Waals surface area contributed by atoms with E-state index < -0.39 is 5.91 Å². The van der Waals surface area contributed by atoms with Crippen LogP contribution in [0.5, 0.6) is 5.75 Å². The van der Waals surface area contributed by atoms with E-state index in [2.05, 4.69) is 10.3 Å². The molecule has 2 rings (SSSR count). The van der Waals surface area contributed by atoms with Crippen molar-refractivity contribution in [3.05, 3.63) is 45.4 Å². The van der Waals surface area contributed by atoms with Gasteiger partial charge in [0.2, 0.25) is 0 Å². The van der Waals surface area contributed by atoms with E-state index in [1.165, 1.54) is 23.6 Å². The van der Waals surface area contributed by atoms with Crippen molar-refractivity contribution in [1.82, 2.24) is 10.3 Å². The summed E-state index contributed by atoms with van der Waals surface area (Å²) >= 11 is 7.17. The maximum absolute atomic E-state index is 11.7. The molecule has 6 heteroatoms. The molecule has 0 aromatic carbocycles. The smallest absolute Gasteiger partial charge is 0.274 e. The number of halogens is 1. The SMILES string of the molecule is O=C(NCc1ccc(Cl)s1)c1ncccc1O. The van der Waals surface area contributed by atoms with Crippen LogP contribution in [-0.4, -0.2) is 16.0 Å². The minimum absolute atomic E-state index is 0.0233. The molecule has 0 atom stereocenters. The molecule has 2 N–H and O–H groups in total. The zero-order chi connectivity index (χ0) is 12.3. The molecule has 2 aromatic rings. The van der Waals surface area contributed by atoms with Crippen LogP contribution in [0.1, 0.15) is 15.4 Å². The molecule has 0 saturated carbocycles. The first-order valence-electron chi connectivity index (χ1n) is 4.83. The Bertz CT molecular complexity index is 542. The monoisotopic (exact) mass is 268 g/mol. The van der Waals surface area contributed by atoms with Gasteiger partial charge in [-0.1, -0.05) is 11.6 Å². The summed E-state index contributed by atoms with van der Waals surface area (Å²) in [4.78, 5) is 16.4. The molecule has 0 aliphatic heterocycles.